The van der Waals surface area contributed by atoms with E-state index in [-0.39, 0.29) is 23.8 Å². The third kappa shape index (κ3) is 7.04. The van der Waals surface area contributed by atoms with Crippen LogP contribution in [0, 0.1) is 0 Å². The third-order valence-corrected chi connectivity index (χ3v) is 9.81. The average Bonchev–Trinajstić information content (AvgIpc) is 3.37. The predicted molar refractivity (Wildman–Crippen MR) is 197 cm³/mol. The molecule has 4 aromatic carbocycles. The van der Waals surface area contributed by atoms with E-state index in [0.717, 1.165) is 16.3 Å². The molecule has 0 radical (unpaired) electrons. The van der Waals surface area contributed by atoms with E-state index in [1.165, 1.54) is 15.9 Å². The van der Waals surface area contributed by atoms with Gasteiger partial charge in [-0.25, -0.2) is 9.79 Å². The molecule has 1 aliphatic rings. The molecule has 0 bridgehead atoms. The highest BCUT2D eigenvalue weighted by Crippen LogP contribution is 2.38. The SMILES string of the molecule is CCOC(=O)C1=C(C)N=c2s/c(=C\c3cc(Cl)c(OCc4cccc5ccccc45)c(Br)c3)c(=O)n2[C@@H]1c1ccc(OC(C)C)c(OC)c1. The van der Waals surface area contributed by atoms with E-state index in [1.807, 2.05) is 50.2 Å². The summed E-state index contributed by atoms with van der Waals surface area (Å²) in [7, 11) is 1.55. The number of carbonyl (C=O) groups is 1. The first-order chi connectivity index (χ1) is 23.6. The molecule has 8 nitrogen and oxygen atoms in total. The van der Waals surface area contributed by atoms with Crippen LogP contribution in [0.25, 0.3) is 16.8 Å². The van der Waals surface area contributed by atoms with Gasteiger partial charge in [0.05, 0.1) is 51.2 Å². The molecule has 0 N–H and O–H groups in total. The van der Waals surface area contributed by atoms with Crippen LogP contribution >= 0.6 is 38.9 Å². The van der Waals surface area contributed by atoms with Gasteiger partial charge < -0.3 is 18.9 Å². The van der Waals surface area contributed by atoms with Gasteiger partial charge in [-0.1, -0.05) is 71.5 Å². The third-order valence-electron chi connectivity index (χ3n) is 7.95. The smallest absolute Gasteiger partial charge is 0.338 e. The van der Waals surface area contributed by atoms with Crippen LogP contribution in [-0.4, -0.2) is 30.4 Å². The maximum Gasteiger partial charge on any atom is 0.338 e. The van der Waals surface area contributed by atoms with Gasteiger partial charge in [-0.2, -0.15) is 0 Å². The Bertz CT molecular complexity index is 2270. The number of esters is 1. The first-order valence-corrected chi connectivity index (χ1v) is 17.7. The number of nitrogens with zero attached hydrogens (tertiary/aromatic N) is 2. The second-order valence-electron chi connectivity index (χ2n) is 11.6. The Morgan fingerprint density at radius 1 is 1.08 bits per heavy atom. The van der Waals surface area contributed by atoms with Crippen LogP contribution in [-0.2, 0) is 16.1 Å². The number of aromatic nitrogens is 1. The van der Waals surface area contributed by atoms with Crippen LogP contribution in [0.1, 0.15) is 50.4 Å². The highest BCUT2D eigenvalue weighted by Gasteiger charge is 2.34. The van der Waals surface area contributed by atoms with Crippen molar-refractivity contribution >= 4 is 61.7 Å². The molecule has 11 heteroatoms. The minimum absolute atomic E-state index is 0.0759. The number of halogens is 2. The topological polar surface area (TPSA) is 88.4 Å². The van der Waals surface area contributed by atoms with E-state index < -0.39 is 12.0 Å². The minimum atomic E-state index is -0.806. The summed E-state index contributed by atoms with van der Waals surface area (Å²) >= 11 is 11.6. The van der Waals surface area contributed by atoms with Crippen LogP contribution in [0.4, 0.5) is 0 Å². The fourth-order valence-corrected chi connectivity index (χ4v) is 7.87. The van der Waals surface area contributed by atoms with Crippen molar-refractivity contribution in [3.05, 3.63) is 130 Å². The number of allylic oxidation sites excluding steroid dienone is 1. The molecule has 1 atom stereocenters. The summed E-state index contributed by atoms with van der Waals surface area (Å²) in [5.41, 5.74) is 2.81. The first-order valence-electron chi connectivity index (χ1n) is 15.7. The highest BCUT2D eigenvalue weighted by atomic mass is 79.9. The summed E-state index contributed by atoms with van der Waals surface area (Å²) in [6.07, 6.45) is 1.68. The maximum absolute atomic E-state index is 14.2. The summed E-state index contributed by atoms with van der Waals surface area (Å²) < 4.78 is 25.8. The van der Waals surface area contributed by atoms with Gasteiger partial charge in [0.25, 0.3) is 5.56 Å². The van der Waals surface area contributed by atoms with Crippen LogP contribution in [0.15, 0.2) is 98.3 Å². The van der Waals surface area contributed by atoms with E-state index >= 15 is 0 Å². The molecule has 0 fully saturated rings. The number of hydrogen-bond donors (Lipinski definition) is 0. The first kappa shape index (κ1) is 34.5. The number of thiazole rings is 1. The maximum atomic E-state index is 14.2. The largest absolute Gasteiger partial charge is 0.493 e. The molecule has 0 saturated heterocycles. The Balaban J connectivity index is 1.39. The van der Waals surface area contributed by atoms with Gasteiger partial charge in [-0.3, -0.25) is 9.36 Å². The molecular formula is C38H34BrClN2O6S. The second kappa shape index (κ2) is 14.6. The highest BCUT2D eigenvalue weighted by molar-refractivity contribution is 9.10. The van der Waals surface area contributed by atoms with E-state index in [1.54, 1.807) is 45.2 Å². The van der Waals surface area contributed by atoms with Gasteiger partial charge >= 0.3 is 5.97 Å². The van der Waals surface area contributed by atoms with Crippen molar-refractivity contribution < 1.29 is 23.7 Å². The van der Waals surface area contributed by atoms with Crippen LogP contribution in [0.5, 0.6) is 17.2 Å². The number of hydrogen-bond acceptors (Lipinski definition) is 8. The normalized spacial score (nSPS) is 14.5. The molecule has 0 unspecified atom stereocenters. The number of ether oxygens (including phenoxy) is 4. The summed E-state index contributed by atoms with van der Waals surface area (Å²) in [4.78, 5) is 32.7. The predicted octanol–water partition coefficient (Wildman–Crippen LogP) is 7.74. The van der Waals surface area contributed by atoms with Crippen LogP contribution in [0.2, 0.25) is 5.02 Å². The summed E-state index contributed by atoms with van der Waals surface area (Å²) in [6.45, 7) is 7.84. The lowest BCUT2D eigenvalue weighted by Crippen LogP contribution is -2.40. The summed E-state index contributed by atoms with van der Waals surface area (Å²) in [6, 6.07) is 22.5. The van der Waals surface area contributed by atoms with Gasteiger partial charge in [0, 0.05) is 0 Å². The fourth-order valence-electron chi connectivity index (χ4n) is 5.83. The Kier molecular flexibility index (Phi) is 10.3. The van der Waals surface area contributed by atoms with Crippen molar-refractivity contribution in [2.24, 2.45) is 4.99 Å². The van der Waals surface area contributed by atoms with Crippen molar-refractivity contribution in [1.29, 1.82) is 0 Å². The molecule has 0 amide bonds. The monoisotopic (exact) mass is 760 g/mol. The molecule has 1 aromatic heterocycles. The van der Waals surface area contributed by atoms with Gasteiger partial charge in [-0.15, -0.1) is 0 Å². The lowest BCUT2D eigenvalue weighted by atomic mass is 9.95. The molecule has 2 heterocycles. The average molecular weight is 762 g/mol. The van der Waals surface area contributed by atoms with Gasteiger partial charge in [0.2, 0.25) is 0 Å². The van der Waals surface area contributed by atoms with Crippen molar-refractivity contribution in [3.63, 3.8) is 0 Å². The molecule has 0 saturated carbocycles. The van der Waals surface area contributed by atoms with E-state index in [2.05, 4.69) is 39.1 Å². The molecule has 5 aromatic rings. The zero-order valence-corrected chi connectivity index (χ0v) is 30.7. The van der Waals surface area contributed by atoms with Gasteiger partial charge in [0.15, 0.2) is 22.0 Å². The Labute approximate surface area is 301 Å². The van der Waals surface area contributed by atoms with Crippen molar-refractivity contribution in [3.8, 4) is 17.2 Å². The lowest BCUT2D eigenvalue weighted by Gasteiger charge is -2.25. The Morgan fingerprint density at radius 3 is 2.59 bits per heavy atom. The standard InChI is InChI=1S/C38H34BrClN2O6S/c1-6-46-37(44)33-22(4)41-38-42(34(33)25-14-15-30(48-21(2)3)31(19-25)45-5)36(43)32(49-38)18-23-16-28(39)35(29(40)17-23)47-20-26-12-9-11-24-10-7-8-13-27(24)26/h7-19,21,34H,6,20H2,1-5H3/b32-18-/t34-/m1/s1. The molecule has 0 aliphatic carbocycles. The van der Waals surface area contributed by atoms with Gasteiger partial charge in [0.1, 0.15) is 6.61 Å². The van der Waals surface area contributed by atoms with Crippen molar-refractivity contribution in [2.45, 2.75) is 46.4 Å². The number of methoxy groups -OCH3 is 1. The van der Waals surface area contributed by atoms with Gasteiger partial charge in [-0.05, 0) is 101 Å². The zero-order valence-electron chi connectivity index (χ0n) is 27.6. The van der Waals surface area contributed by atoms with Crippen molar-refractivity contribution in [1.82, 2.24) is 4.57 Å². The lowest BCUT2D eigenvalue weighted by molar-refractivity contribution is -0.139. The molecule has 0 spiro atoms. The van der Waals surface area contributed by atoms with Crippen LogP contribution in [0.3, 0.4) is 0 Å². The number of benzene rings is 4. The van der Waals surface area contributed by atoms with Crippen molar-refractivity contribution in [2.75, 3.05) is 13.7 Å². The number of fused-ring (bicyclic) bond motifs is 2. The van der Waals surface area contributed by atoms with E-state index in [4.69, 9.17) is 30.5 Å². The molecule has 6 rings (SSSR count). The molecule has 252 valence electrons. The quantitative estimate of drug-likeness (QED) is 0.135. The molecule has 1 aliphatic heterocycles. The van der Waals surface area contributed by atoms with E-state index in [0.29, 0.717) is 59.5 Å². The number of rotatable bonds is 10. The Morgan fingerprint density at radius 2 is 1.86 bits per heavy atom. The number of carbonyl (C=O) groups excluding carboxylic acids is 1. The molecular weight excluding hydrogens is 728 g/mol. The Hall–Kier alpha value is -4.38. The van der Waals surface area contributed by atoms with Crippen LogP contribution < -0.4 is 29.1 Å². The summed E-state index contributed by atoms with van der Waals surface area (Å²) in [5, 5.41) is 2.64. The van der Waals surface area contributed by atoms with E-state index in [9.17, 15) is 9.59 Å². The second-order valence-corrected chi connectivity index (χ2v) is 13.9. The fraction of sp³-hybridized carbons (Fsp3) is 0.237. The molecule has 49 heavy (non-hydrogen) atoms. The summed E-state index contributed by atoms with van der Waals surface area (Å²) in [5.74, 6) is 0.994. The minimum Gasteiger partial charge on any atom is -0.493 e. The zero-order chi connectivity index (χ0) is 34.8.